The largest absolute Gasteiger partial charge is 0.374 e. The van der Waals surface area contributed by atoms with E-state index in [1.165, 1.54) is 24.0 Å². The van der Waals surface area contributed by atoms with Crippen LogP contribution in [0.1, 0.15) is 30.0 Å². The van der Waals surface area contributed by atoms with Gasteiger partial charge in [0.05, 0.1) is 12.2 Å². The van der Waals surface area contributed by atoms with Crippen LogP contribution in [0.5, 0.6) is 0 Å². The molecule has 4 aliphatic heterocycles. The number of nitrogens with zero attached hydrogens (tertiary/aromatic N) is 1. The molecular weight excluding hydrogens is 264 g/mol. The number of rotatable bonds is 1. The number of hydrogen-bond acceptors (Lipinski definition) is 3. The zero-order valence-electron chi connectivity index (χ0n) is 12.0. The fraction of sp³-hybridized carbons (Fsp3) is 0.588. The molecule has 3 saturated heterocycles. The highest BCUT2D eigenvalue weighted by atomic mass is 16.5. The van der Waals surface area contributed by atoms with Crippen LogP contribution >= 0.6 is 0 Å². The Labute approximate surface area is 124 Å². The van der Waals surface area contributed by atoms with Crippen LogP contribution in [-0.4, -0.2) is 36.1 Å². The van der Waals surface area contributed by atoms with E-state index in [1.54, 1.807) is 0 Å². The second kappa shape index (κ2) is 4.31. The molecular formula is C17H20N2O2. The average molecular weight is 284 g/mol. The van der Waals surface area contributed by atoms with Gasteiger partial charge in [0.1, 0.15) is 6.04 Å². The lowest BCUT2D eigenvalue weighted by molar-refractivity contribution is -0.133. The zero-order chi connectivity index (χ0) is 14.0. The summed E-state index contributed by atoms with van der Waals surface area (Å²) in [5, 5.41) is 3.38. The first kappa shape index (κ1) is 12.2. The van der Waals surface area contributed by atoms with Gasteiger partial charge in [0.15, 0.2) is 0 Å². The van der Waals surface area contributed by atoms with E-state index in [9.17, 15) is 4.79 Å². The number of hydrogen-bond donors (Lipinski definition) is 1. The van der Waals surface area contributed by atoms with Crippen molar-refractivity contribution in [1.29, 1.82) is 0 Å². The number of amides is 1. The van der Waals surface area contributed by atoms with Gasteiger partial charge in [-0.15, -0.1) is 0 Å². The lowest BCUT2D eigenvalue weighted by atomic mass is 9.82. The monoisotopic (exact) mass is 284 g/mol. The first-order valence-corrected chi connectivity index (χ1v) is 8.07. The molecule has 0 radical (unpaired) electrons. The Kier molecular flexibility index (Phi) is 2.50. The van der Waals surface area contributed by atoms with Crippen molar-refractivity contribution >= 4 is 5.91 Å². The number of carbonyl (C=O) groups excluding carboxylic acids is 1. The first-order chi connectivity index (χ1) is 10.3. The number of fused-ring (bicyclic) bond motifs is 6. The molecule has 4 heteroatoms. The van der Waals surface area contributed by atoms with Gasteiger partial charge in [-0.2, -0.15) is 0 Å². The molecule has 4 heterocycles. The SMILES string of the molecule is O=C([C@H]1NCc2ccccc21)N1C[C@@H]2[C@H](C1)[C@H]1CC[C@@H]2O1. The van der Waals surface area contributed by atoms with Crippen molar-refractivity contribution in [2.24, 2.45) is 11.8 Å². The van der Waals surface area contributed by atoms with Crippen LogP contribution in [0, 0.1) is 11.8 Å². The molecule has 0 aliphatic carbocycles. The zero-order valence-corrected chi connectivity index (χ0v) is 12.0. The highest BCUT2D eigenvalue weighted by Crippen LogP contribution is 2.47. The van der Waals surface area contributed by atoms with Crippen LogP contribution in [0.15, 0.2) is 24.3 Å². The average Bonchev–Trinajstić information content (AvgIpc) is 3.25. The van der Waals surface area contributed by atoms with Crippen molar-refractivity contribution in [1.82, 2.24) is 10.2 Å². The van der Waals surface area contributed by atoms with Crippen LogP contribution in [0.3, 0.4) is 0 Å². The van der Waals surface area contributed by atoms with E-state index in [0.29, 0.717) is 24.0 Å². The van der Waals surface area contributed by atoms with Crippen molar-refractivity contribution in [3.05, 3.63) is 35.4 Å². The van der Waals surface area contributed by atoms with Gasteiger partial charge in [-0.3, -0.25) is 10.1 Å². The van der Waals surface area contributed by atoms with Gasteiger partial charge in [-0.1, -0.05) is 24.3 Å². The third-order valence-electron chi connectivity index (χ3n) is 5.87. The number of ether oxygens (including phenoxy) is 1. The van der Waals surface area contributed by atoms with Crippen LogP contribution < -0.4 is 5.32 Å². The summed E-state index contributed by atoms with van der Waals surface area (Å²) >= 11 is 0. The van der Waals surface area contributed by atoms with Crippen LogP contribution in [0.25, 0.3) is 0 Å². The maximum Gasteiger partial charge on any atom is 0.244 e. The number of likely N-dealkylation sites (tertiary alicyclic amines) is 1. The summed E-state index contributed by atoms with van der Waals surface area (Å²) in [6, 6.07) is 8.13. The molecule has 0 spiro atoms. The fourth-order valence-corrected chi connectivity index (χ4v) is 4.84. The predicted molar refractivity (Wildman–Crippen MR) is 77.5 cm³/mol. The normalized spacial score (nSPS) is 39.6. The molecule has 5 rings (SSSR count). The smallest absolute Gasteiger partial charge is 0.244 e. The topological polar surface area (TPSA) is 41.6 Å². The van der Waals surface area contributed by atoms with Crippen molar-refractivity contribution in [2.45, 2.75) is 37.6 Å². The highest BCUT2D eigenvalue weighted by Gasteiger charge is 2.54. The molecule has 2 bridgehead atoms. The fourth-order valence-electron chi connectivity index (χ4n) is 4.84. The van der Waals surface area contributed by atoms with Crippen molar-refractivity contribution in [3.63, 3.8) is 0 Å². The Morgan fingerprint density at radius 1 is 1.14 bits per heavy atom. The molecule has 21 heavy (non-hydrogen) atoms. The molecule has 1 aromatic carbocycles. The molecule has 0 unspecified atom stereocenters. The van der Waals surface area contributed by atoms with E-state index in [0.717, 1.165) is 19.6 Å². The number of carbonyl (C=O) groups is 1. The molecule has 5 atom stereocenters. The molecule has 4 nitrogen and oxygen atoms in total. The second-order valence-electron chi connectivity index (χ2n) is 6.87. The van der Waals surface area contributed by atoms with E-state index >= 15 is 0 Å². The minimum absolute atomic E-state index is 0.140. The Balaban J connectivity index is 1.37. The highest BCUT2D eigenvalue weighted by molar-refractivity contribution is 5.84. The van der Waals surface area contributed by atoms with Gasteiger partial charge in [0, 0.05) is 31.5 Å². The first-order valence-electron chi connectivity index (χ1n) is 8.07. The standard InChI is InChI=1S/C17H20N2O2/c20-17(16-11-4-2-1-3-10(11)7-18-16)19-8-12-13(9-19)15-6-5-14(12)21-15/h1-4,12-16,18H,5-9H2/t12-,13+,14+,15-,16-/m0/s1. The number of nitrogens with one attached hydrogen (secondary N) is 1. The van der Waals surface area contributed by atoms with Gasteiger partial charge >= 0.3 is 0 Å². The minimum Gasteiger partial charge on any atom is -0.374 e. The van der Waals surface area contributed by atoms with Gasteiger partial charge < -0.3 is 9.64 Å². The predicted octanol–water partition coefficient (Wildman–Crippen LogP) is 1.47. The maximum absolute atomic E-state index is 12.9. The summed E-state index contributed by atoms with van der Waals surface area (Å²) in [6.07, 6.45) is 3.22. The molecule has 1 aromatic rings. The Morgan fingerprint density at radius 2 is 1.86 bits per heavy atom. The number of benzene rings is 1. The van der Waals surface area contributed by atoms with Crippen molar-refractivity contribution < 1.29 is 9.53 Å². The lowest BCUT2D eigenvalue weighted by Gasteiger charge is -2.23. The summed E-state index contributed by atoms with van der Waals surface area (Å²) in [5.74, 6) is 1.43. The molecule has 4 aliphatic rings. The second-order valence-corrected chi connectivity index (χ2v) is 6.87. The molecule has 3 fully saturated rings. The summed E-state index contributed by atoms with van der Waals surface area (Å²) in [5.41, 5.74) is 2.43. The van der Waals surface area contributed by atoms with E-state index in [1.807, 2.05) is 12.1 Å². The Bertz CT molecular complexity index is 584. The maximum atomic E-state index is 12.9. The van der Waals surface area contributed by atoms with E-state index in [-0.39, 0.29) is 11.9 Å². The Hall–Kier alpha value is -1.39. The van der Waals surface area contributed by atoms with Gasteiger partial charge in [0.2, 0.25) is 5.91 Å². The Morgan fingerprint density at radius 3 is 2.62 bits per heavy atom. The van der Waals surface area contributed by atoms with Crippen molar-refractivity contribution in [3.8, 4) is 0 Å². The van der Waals surface area contributed by atoms with Gasteiger partial charge in [-0.05, 0) is 24.0 Å². The minimum atomic E-state index is -0.140. The van der Waals surface area contributed by atoms with E-state index in [2.05, 4.69) is 22.3 Å². The quantitative estimate of drug-likeness (QED) is 0.849. The van der Waals surface area contributed by atoms with Crippen LogP contribution in [0.4, 0.5) is 0 Å². The van der Waals surface area contributed by atoms with Gasteiger partial charge in [0.25, 0.3) is 0 Å². The van der Waals surface area contributed by atoms with Crippen LogP contribution in [-0.2, 0) is 16.1 Å². The molecule has 1 amide bonds. The van der Waals surface area contributed by atoms with Crippen LogP contribution in [0.2, 0.25) is 0 Å². The van der Waals surface area contributed by atoms with E-state index < -0.39 is 0 Å². The third-order valence-corrected chi connectivity index (χ3v) is 5.87. The summed E-state index contributed by atoms with van der Waals surface area (Å²) in [6.45, 7) is 2.59. The summed E-state index contributed by atoms with van der Waals surface area (Å²) in [4.78, 5) is 15.0. The van der Waals surface area contributed by atoms with E-state index in [4.69, 9.17) is 4.74 Å². The lowest BCUT2D eigenvalue weighted by Crippen LogP contribution is -2.38. The summed E-state index contributed by atoms with van der Waals surface area (Å²) < 4.78 is 6.00. The van der Waals surface area contributed by atoms with Gasteiger partial charge in [-0.25, -0.2) is 0 Å². The molecule has 110 valence electrons. The third kappa shape index (κ3) is 1.66. The molecule has 1 N–H and O–H groups in total. The molecule has 0 aromatic heterocycles. The van der Waals surface area contributed by atoms with Crippen molar-refractivity contribution in [2.75, 3.05) is 13.1 Å². The molecule has 0 saturated carbocycles. The summed E-state index contributed by atoms with van der Waals surface area (Å²) in [7, 11) is 0.